The van der Waals surface area contributed by atoms with E-state index >= 15 is 0 Å². The fraction of sp³-hybridized carbons (Fsp3) is 0.500. The Balaban J connectivity index is 2.50. The summed E-state index contributed by atoms with van der Waals surface area (Å²) in [6.45, 7) is 2.20. The van der Waals surface area contributed by atoms with Crippen LogP contribution < -0.4 is 16.0 Å². The summed E-state index contributed by atoms with van der Waals surface area (Å²) in [5, 5.41) is 8.36. The Labute approximate surface area is 163 Å². The molecule has 0 aliphatic heterocycles. The van der Waals surface area contributed by atoms with E-state index in [1.54, 1.807) is 0 Å². The van der Waals surface area contributed by atoms with Gasteiger partial charge in [-0.2, -0.15) is 0 Å². The maximum atomic E-state index is 10.6. The first-order chi connectivity index (χ1) is 11.4. The molecule has 3 N–H and O–H groups in total. The van der Waals surface area contributed by atoms with Crippen molar-refractivity contribution in [1.29, 1.82) is 0 Å². The summed E-state index contributed by atoms with van der Waals surface area (Å²) in [6.07, 6.45) is 5.55. The van der Waals surface area contributed by atoms with Gasteiger partial charge in [0.15, 0.2) is 5.11 Å². The number of carbonyl (C=O) groups excluding carboxylic acids is 1. The van der Waals surface area contributed by atoms with Crippen molar-refractivity contribution in [1.82, 2.24) is 10.6 Å². The maximum Gasteiger partial charge on any atom is 0.228 e. The Morgan fingerprint density at radius 2 is 1.88 bits per heavy atom. The number of aryl methyl sites for hydroxylation is 1. The van der Waals surface area contributed by atoms with E-state index < -0.39 is 9.96 Å². The van der Waals surface area contributed by atoms with E-state index in [0.717, 1.165) is 12.1 Å². The molecule has 0 aromatic heterocycles. The van der Waals surface area contributed by atoms with Gasteiger partial charge < -0.3 is 16.0 Å². The zero-order valence-corrected chi connectivity index (χ0v) is 16.5. The lowest BCUT2D eigenvalue weighted by molar-refractivity contribution is -0.110. The molecule has 0 saturated carbocycles. The molecule has 0 radical (unpaired) electrons. The molecule has 1 aromatic carbocycles. The van der Waals surface area contributed by atoms with E-state index in [1.807, 2.05) is 12.1 Å². The van der Waals surface area contributed by atoms with Crippen molar-refractivity contribution in [2.75, 3.05) is 5.32 Å². The second-order valence-electron chi connectivity index (χ2n) is 5.37. The number of carbonyl (C=O) groups is 1. The van der Waals surface area contributed by atoms with Crippen LogP contribution in [0.5, 0.6) is 0 Å². The van der Waals surface area contributed by atoms with Gasteiger partial charge in [0.1, 0.15) is 6.17 Å². The van der Waals surface area contributed by atoms with Crippen LogP contribution >= 0.6 is 47.0 Å². The molecule has 24 heavy (non-hydrogen) atoms. The molecule has 0 bridgehead atoms. The zero-order valence-electron chi connectivity index (χ0n) is 13.5. The predicted molar refractivity (Wildman–Crippen MR) is 107 cm³/mol. The number of hydrogen-bond donors (Lipinski definition) is 3. The zero-order chi connectivity index (χ0) is 18.0. The van der Waals surface area contributed by atoms with Crippen molar-refractivity contribution in [3.05, 3.63) is 29.8 Å². The number of alkyl halides is 3. The molecule has 1 atom stereocenters. The largest absolute Gasteiger partial charge is 0.339 e. The highest BCUT2D eigenvalue weighted by Gasteiger charge is 2.32. The summed E-state index contributed by atoms with van der Waals surface area (Å²) in [5.74, 6) is 0. The van der Waals surface area contributed by atoms with Crippen LogP contribution in [0, 0.1) is 0 Å². The number of unbranched alkanes of at least 4 members (excludes halogenated alkanes) is 3. The van der Waals surface area contributed by atoms with Crippen molar-refractivity contribution in [2.45, 2.75) is 49.0 Å². The summed E-state index contributed by atoms with van der Waals surface area (Å²) in [6, 6.07) is 8.02. The number of hydrogen-bond acceptors (Lipinski definition) is 2. The highest BCUT2D eigenvalue weighted by molar-refractivity contribution is 7.80. The molecule has 1 aromatic rings. The smallest absolute Gasteiger partial charge is 0.228 e. The van der Waals surface area contributed by atoms with Gasteiger partial charge in [-0.3, -0.25) is 4.79 Å². The monoisotopic (exact) mass is 409 g/mol. The van der Waals surface area contributed by atoms with Crippen LogP contribution in [0.25, 0.3) is 0 Å². The SMILES string of the molecule is CCCCCCc1ccc(NC(=S)NC(NC=O)C(Cl)(Cl)Cl)cc1. The van der Waals surface area contributed by atoms with Crippen LogP contribution in [0.2, 0.25) is 0 Å². The lowest BCUT2D eigenvalue weighted by Crippen LogP contribution is -2.53. The van der Waals surface area contributed by atoms with Crippen molar-refractivity contribution < 1.29 is 4.79 Å². The van der Waals surface area contributed by atoms with Crippen molar-refractivity contribution in [3.63, 3.8) is 0 Å². The highest BCUT2D eigenvalue weighted by Crippen LogP contribution is 2.28. The molecular weight excluding hydrogens is 389 g/mol. The van der Waals surface area contributed by atoms with Crippen LogP contribution in [0.4, 0.5) is 5.69 Å². The number of benzene rings is 1. The molecule has 1 unspecified atom stereocenters. The summed E-state index contributed by atoms with van der Waals surface area (Å²) < 4.78 is -1.73. The van der Waals surface area contributed by atoms with Gasteiger partial charge in [-0.15, -0.1) is 0 Å². The van der Waals surface area contributed by atoms with Crippen LogP contribution in [-0.4, -0.2) is 21.5 Å². The molecule has 8 heteroatoms. The van der Waals surface area contributed by atoms with E-state index in [1.165, 1.54) is 31.2 Å². The van der Waals surface area contributed by atoms with E-state index in [0.29, 0.717) is 6.41 Å². The minimum absolute atomic E-state index is 0.247. The topological polar surface area (TPSA) is 53.2 Å². The number of thiocarbonyl (C=S) groups is 1. The van der Waals surface area contributed by atoms with Crippen LogP contribution in [0.15, 0.2) is 24.3 Å². The molecule has 0 spiro atoms. The molecule has 1 amide bonds. The van der Waals surface area contributed by atoms with E-state index in [9.17, 15) is 4.79 Å². The van der Waals surface area contributed by atoms with Gasteiger partial charge in [0.25, 0.3) is 0 Å². The van der Waals surface area contributed by atoms with Crippen LogP contribution in [0.1, 0.15) is 38.2 Å². The Hall–Kier alpha value is -0.750. The Bertz CT molecular complexity index is 520. The Kier molecular flexibility index (Phi) is 9.74. The fourth-order valence-corrected chi connectivity index (χ4v) is 2.68. The average Bonchev–Trinajstić information content (AvgIpc) is 2.52. The predicted octanol–water partition coefficient (Wildman–Crippen LogP) is 4.54. The summed E-state index contributed by atoms with van der Waals surface area (Å²) in [7, 11) is 0. The summed E-state index contributed by atoms with van der Waals surface area (Å²) in [4.78, 5) is 10.6. The third kappa shape index (κ3) is 8.38. The summed E-state index contributed by atoms with van der Waals surface area (Å²) in [5.41, 5.74) is 2.11. The van der Waals surface area contributed by atoms with Gasteiger partial charge in [0.2, 0.25) is 10.2 Å². The van der Waals surface area contributed by atoms with Gasteiger partial charge in [0, 0.05) is 5.69 Å². The lowest BCUT2D eigenvalue weighted by Gasteiger charge is -2.26. The van der Waals surface area contributed by atoms with Gasteiger partial charge >= 0.3 is 0 Å². The minimum atomic E-state index is -1.73. The maximum absolute atomic E-state index is 10.6. The fourth-order valence-electron chi connectivity index (χ4n) is 2.09. The molecule has 134 valence electrons. The van der Waals surface area contributed by atoms with E-state index in [4.69, 9.17) is 47.0 Å². The first kappa shape index (κ1) is 21.3. The molecule has 0 fully saturated rings. The van der Waals surface area contributed by atoms with Gasteiger partial charge in [-0.25, -0.2) is 0 Å². The van der Waals surface area contributed by atoms with Crippen molar-refractivity contribution in [2.24, 2.45) is 0 Å². The lowest BCUT2D eigenvalue weighted by atomic mass is 10.1. The van der Waals surface area contributed by atoms with Crippen LogP contribution in [0.3, 0.4) is 0 Å². The molecule has 0 heterocycles. The standard InChI is InChI=1S/C16H22Cl3N3OS/c1-2-3-4-5-6-12-7-9-13(10-8-12)21-15(24)22-14(20-11-23)16(17,18)19/h7-11,14H,2-6H2,1H3,(H,20,23)(H2,21,22,24). The summed E-state index contributed by atoms with van der Waals surface area (Å²) >= 11 is 22.5. The second-order valence-corrected chi connectivity index (χ2v) is 8.14. The number of nitrogens with one attached hydrogen (secondary N) is 3. The third-order valence-corrected chi connectivity index (χ3v) is 4.24. The minimum Gasteiger partial charge on any atom is -0.339 e. The van der Waals surface area contributed by atoms with E-state index in [-0.39, 0.29) is 5.11 Å². The molecular formula is C16H22Cl3N3OS. The van der Waals surface area contributed by atoms with E-state index in [2.05, 4.69) is 35.0 Å². The molecule has 0 saturated heterocycles. The first-order valence-electron chi connectivity index (χ1n) is 7.79. The van der Waals surface area contributed by atoms with Crippen molar-refractivity contribution in [3.8, 4) is 0 Å². The van der Waals surface area contributed by atoms with Gasteiger partial charge in [0.05, 0.1) is 0 Å². The normalized spacial score (nSPS) is 12.3. The number of halogens is 3. The Morgan fingerprint density at radius 1 is 1.21 bits per heavy atom. The molecule has 0 aliphatic rings. The molecule has 0 aliphatic carbocycles. The Morgan fingerprint density at radius 3 is 2.42 bits per heavy atom. The third-order valence-electron chi connectivity index (χ3n) is 3.37. The molecule has 1 rings (SSSR count). The number of rotatable bonds is 9. The number of amides is 1. The van der Waals surface area contributed by atoms with Crippen molar-refractivity contribution >= 4 is 64.2 Å². The van der Waals surface area contributed by atoms with Crippen LogP contribution in [-0.2, 0) is 11.2 Å². The first-order valence-corrected chi connectivity index (χ1v) is 9.34. The van der Waals surface area contributed by atoms with Gasteiger partial charge in [-0.05, 0) is 42.8 Å². The second kappa shape index (κ2) is 11.0. The van der Waals surface area contributed by atoms with Gasteiger partial charge in [-0.1, -0.05) is 73.1 Å². The average molecular weight is 411 g/mol. The quantitative estimate of drug-likeness (QED) is 0.184. The number of anilines is 1. The highest BCUT2D eigenvalue weighted by atomic mass is 35.6. The molecule has 4 nitrogen and oxygen atoms in total.